The number of ether oxygens (including phenoxy) is 2. The minimum absolute atomic E-state index is 0.420. The van der Waals surface area contributed by atoms with E-state index in [1.165, 1.54) is 0 Å². The Kier molecular flexibility index (Phi) is 6.66. The Morgan fingerprint density at radius 1 is 1.04 bits per heavy atom. The molecule has 0 aliphatic carbocycles. The maximum absolute atomic E-state index is 12.8. The smallest absolute Gasteiger partial charge is 0.328 e. The fourth-order valence-electron chi connectivity index (χ4n) is 3.34. The molecule has 3 aromatic rings. The molecule has 0 saturated carbocycles. The zero-order chi connectivity index (χ0) is 19.9. The van der Waals surface area contributed by atoms with Crippen LogP contribution in [0.3, 0.4) is 0 Å². The Labute approximate surface area is 166 Å². The number of fused-ring (bicyclic) bond motifs is 1. The van der Waals surface area contributed by atoms with Gasteiger partial charge in [-0.15, -0.1) is 0 Å². The lowest BCUT2D eigenvalue weighted by Gasteiger charge is -2.18. The molecular formula is C24H27NO3. The Morgan fingerprint density at radius 3 is 2.39 bits per heavy atom. The lowest BCUT2D eigenvalue weighted by molar-refractivity contribution is -0.135. The summed E-state index contributed by atoms with van der Waals surface area (Å²) in [5.41, 5.74) is 8.13. The standard InChI is InChI=1S/C24H27NO3/c1-3-4-12-18-16-22(27-2)19-13-8-9-14-20(19)23(18)28-24(26)21(25)15-17-10-6-5-7-11-17/h5-11,13-14,16,21H,3-4,12,15,25H2,1-2H3/t21-/m0/s1. The molecule has 3 aromatic carbocycles. The lowest BCUT2D eigenvalue weighted by atomic mass is 10.00. The molecule has 4 nitrogen and oxygen atoms in total. The summed E-state index contributed by atoms with van der Waals surface area (Å²) < 4.78 is 11.4. The third-order valence-electron chi connectivity index (χ3n) is 4.86. The van der Waals surface area contributed by atoms with Crippen LogP contribution >= 0.6 is 0 Å². The molecule has 2 N–H and O–H groups in total. The summed E-state index contributed by atoms with van der Waals surface area (Å²) >= 11 is 0. The van der Waals surface area contributed by atoms with Gasteiger partial charge in [0, 0.05) is 10.8 Å². The highest BCUT2D eigenvalue weighted by Crippen LogP contribution is 2.37. The average Bonchev–Trinajstić information content (AvgIpc) is 2.73. The summed E-state index contributed by atoms with van der Waals surface area (Å²) in [6.07, 6.45) is 3.31. The molecule has 0 aliphatic heterocycles. The van der Waals surface area contributed by atoms with E-state index in [2.05, 4.69) is 6.92 Å². The predicted octanol–water partition coefficient (Wildman–Crippen LogP) is 4.67. The van der Waals surface area contributed by atoms with E-state index < -0.39 is 12.0 Å². The monoisotopic (exact) mass is 377 g/mol. The first-order valence-electron chi connectivity index (χ1n) is 9.73. The van der Waals surface area contributed by atoms with Crippen molar-refractivity contribution >= 4 is 16.7 Å². The van der Waals surface area contributed by atoms with Crippen LogP contribution in [0, 0.1) is 0 Å². The summed E-state index contributed by atoms with van der Waals surface area (Å²) in [7, 11) is 1.66. The molecule has 3 rings (SSSR count). The third kappa shape index (κ3) is 4.52. The SMILES string of the molecule is CCCCc1cc(OC)c2ccccc2c1OC(=O)[C@@H](N)Cc1ccccc1. The molecule has 0 heterocycles. The molecule has 4 heteroatoms. The number of benzene rings is 3. The van der Waals surface area contributed by atoms with E-state index in [0.717, 1.165) is 46.9 Å². The van der Waals surface area contributed by atoms with Crippen molar-refractivity contribution in [2.45, 2.75) is 38.6 Å². The van der Waals surface area contributed by atoms with E-state index in [1.54, 1.807) is 7.11 Å². The topological polar surface area (TPSA) is 61.5 Å². The number of unbranched alkanes of at least 4 members (excludes halogenated alkanes) is 1. The Balaban J connectivity index is 1.92. The first-order valence-corrected chi connectivity index (χ1v) is 9.73. The first kappa shape index (κ1) is 19.9. The Morgan fingerprint density at radius 2 is 1.71 bits per heavy atom. The number of esters is 1. The number of carbonyl (C=O) groups excluding carboxylic acids is 1. The van der Waals surface area contributed by atoms with Crippen LogP contribution in [0.25, 0.3) is 10.8 Å². The highest BCUT2D eigenvalue weighted by molar-refractivity contribution is 5.96. The summed E-state index contributed by atoms with van der Waals surface area (Å²) in [5.74, 6) is 0.963. The number of hydrogen-bond donors (Lipinski definition) is 1. The van der Waals surface area contributed by atoms with Gasteiger partial charge in [-0.05, 0) is 36.5 Å². The van der Waals surface area contributed by atoms with E-state index in [1.807, 2.05) is 60.7 Å². The molecule has 1 atom stereocenters. The van der Waals surface area contributed by atoms with Crippen LogP contribution in [-0.4, -0.2) is 19.1 Å². The van der Waals surface area contributed by atoms with E-state index in [-0.39, 0.29) is 0 Å². The molecule has 0 bridgehead atoms. The number of nitrogens with two attached hydrogens (primary N) is 1. The second-order valence-corrected chi connectivity index (χ2v) is 6.93. The van der Waals surface area contributed by atoms with Crippen LogP contribution < -0.4 is 15.2 Å². The number of carbonyl (C=O) groups is 1. The van der Waals surface area contributed by atoms with Gasteiger partial charge in [0.15, 0.2) is 0 Å². The van der Waals surface area contributed by atoms with Crippen molar-refractivity contribution in [3.8, 4) is 11.5 Å². The lowest BCUT2D eigenvalue weighted by Crippen LogP contribution is -2.36. The molecule has 0 spiro atoms. The van der Waals surface area contributed by atoms with Crippen molar-refractivity contribution in [2.24, 2.45) is 5.73 Å². The quantitative estimate of drug-likeness (QED) is 0.458. The van der Waals surface area contributed by atoms with Gasteiger partial charge in [0.2, 0.25) is 0 Å². The minimum Gasteiger partial charge on any atom is -0.496 e. The summed E-state index contributed by atoms with van der Waals surface area (Å²) in [6.45, 7) is 2.14. The van der Waals surface area contributed by atoms with Gasteiger partial charge in [-0.2, -0.15) is 0 Å². The van der Waals surface area contributed by atoms with Crippen molar-refractivity contribution in [1.82, 2.24) is 0 Å². The van der Waals surface area contributed by atoms with Crippen molar-refractivity contribution < 1.29 is 14.3 Å². The number of rotatable bonds is 8. The molecule has 0 aromatic heterocycles. The first-order chi connectivity index (χ1) is 13.6. The zero-order valence-electron chi connectivity index (χ0n) is 16.5. The van der Waals surface area contributed by atoms with Crippen molar-refractivity contribution in [1.29, 1.82) is 0 Å². The second-order valence-electron chi connectivity index (χ2n) is 6.93. The van der Waals surface area contributed by atoms with Crippen molar-refractivity contribution in [3.63, 3.8) is 0 Å². The molecule has 146 valence electrons. The van der Waals surface area contributed by atoms with Gasteiger partial charge in [0.1, 0.15) is 17.5 Å². The fourth-order valence-corrected chi connectivity index (χ4v) is 3.34. The molecular weight excluding hydrogens is 350 g/mol. The minimum atomic E-state index is -0.720. The van der Waals surface area contributed by atoms with E-state index >= 15 is 0 Å². The van der Waals surface area contributed by atoms with Gasteiger partial charge in [0.05, 0.1) is 7.11 Å². The molecule has 0 unspecified atom stereocenters. The van der Waals surface area contributed by atoms with Gasteiger partial charge < -0.3 is 15.2 Å². The summed E-state index contributed by atoms with van der Waals surface area (Å²) in [4.78, 5) is 12.8. The molecule has 0 radical (unpaired) electrons. The Hall–Kier alpha value is -2.85. The predicted molar refractivity (Wildman–Crippen MR) is 113 cm³/mol. The second kappa shape index (κ2) is 9.38. The van der Waals surface area contributed by atoms with Gasteiger partial charge in [-0.3, -0.25) is 0 Å². The number of aryl methyl sites for hydroxylation is 1. The van der Waals surface area contributed by atoms with Gasteiger partial charge in [-0.25, -0.2) is 4.79 Å². The molecule has 28 heavy (non-hydrogen) atoms. The van der Waals surface area contributed by atoms with Gasteiger partial charge >= 0.3 is 5.97 Å². The molecule has 0 aliphatic rings. The third-order valence-corrected chi connectivity index (χ3v) is 4.86. The van der Waals surface area contributed by atoms with Gasteiger partial charge in [0.25, 0.3) is 0 Å². The highest BCUT2D eigenvalue weighted by Gasteiger charge is 2.21. The molecule has 0 saturated heterocycles. The van der Waals surface area contributed by atoms with Crippen LogP contribution in [0.15, 0.2) is 60.7 Å². The van der Waals surface area contributed by atoms with Crippen molar-refractivity contribution in [2.75, 3.05) is 7.11 Å². The molecule has 0 fully saturated rings. The van der Waals surface area contributed by atoms with Crippen LogP contribution in [0.4, 0.5) is 0 Å². The average molecular weight is 377 g/mol. The normalized spacial score (nSPS) is 12.0. The van der Waals surface area contributed by atoms with Crippen LogP contribution in [0.5, 0.6) is 11.5 Å². The van der Waals surface area contributed by atoms with Gasteiger partial charge in [-0.1, -0.05) is 67.9 Å². The summed E-state index contributed by atoms with van der Waals surface area (Å²) in [6, 6.07) is 18.8. The van der Waals surface area contributed by atoms with E-state index in [9.17, 15) is 4.79 Å². The van der Waals surface area contributed by atoms with Crippen molar-refractivity contribution in [3.05, 3.63) is 71.8 Å². The van der Waals surface area contributed by atoms with Crippen LogP contribution in [0.2, 0.25) is 0 Å². The fraction of sp³-hybridized carbons (Fsp3) is 0.292. The van der Waals surface area contributed by atoms with Crippen LogP contribution in [-0.2, 0) is 17.6 Å². The number of methoxy groups -OCH3 is 1. The summed E-state index contributed by atoms with van der Waals surface area (Å²) in [5, 5.41) is 1.79. The highest BCUT2D eigenvalue weighted by atomic mass is 16.5. The maximum atomic E-state index is 12.8. The van der Waals surface area contributed by atoms with E-state index in [0.29, 0.717) is 12.2 Å². The van der Waals surface area contributed by atoms with Crippen LogP contribution in [0.1, 0.15) is 30.9 Å². The molecule has 0 amide bonds. The Bertz CT molecular complexity index is 937. The number of hydrogen-bond acceptors (Lipinski definition) is 4. The largest absolute Gasteiger partial charge is 0.496 e. The van der Waals surface area contributed by atoms with E-state index in [4.69, 9.17) is 15.2 Å². The zero-order valence-corrected chi connectivity index (χ0v) is 16.5. The maximum Gasteiger partial charge on any atom is 0.328 e.